The number of nitrogens with zero attached hydrogens (tertiary/aromatic N) is 2. The molecule has 0 radical (unpaired) electrons. The zero-order chi connectivity index (χ0) is 13.7. The van der Waals surface area contributed by atoms with Gasteiger partial charge in [-0.2, -0.15) is 5.10 Å². The first-order valence-electron chi connectivity index (χ1n) is 6.29. The number of ether oxygens (including phenoxy) is 1. The van der Waals surface area contributed by atoms with Gasteiger partial charge >= 0.3 is 0 Å². The zero-order valence-electron chi connectivity index (χ0n) is 10.8. The van der Waals surface area contributed by atoms with E-state index >= 15 is 0 Å². The van der Waals surface area contributed by atoms with Gasteiger partial charge in [-0.25, -0.2) is 0 Å². The average molecular weight is 281 g/mol. The Kier molecular flexibility index (Phi) is 4.82. The molecule has 1 aromatic heterocycles. The summed E-state index contributed by atoms with van der Waals surface area (Å²) in [5.41, 5.74) is 0.767. The van der Waals surface area contributed by atoms with Crippen LogP contribution in [0.3, 0.4) is 0 Å². The summed E-state index contributed by atoms with van der Waals surface area (Å²) in [6, 6.07) is 8.92. The van der Waals surface area contributed by atoms with E-state index in [9.17, 15) is 5.11 Å². The lowest BCUT2D eigenvalue weighted by atomic mass is 10.2. The van der Waals surface area contributed by atoms with E-state index < -0.39 is 6.10 Å². The van der Waals surface area contributed by atoms with Crippen molar-refractivity contribution >= 4 is 11.6 Å². The van der Waals surface area contributed by atoms with Gasteiger partial charge in [-0.05, 0) is 30.7 Å². The first-order chi connectivity index (χ1) is 9.20. The smallest absolute Gasteiger partial charge is 0.129 e. The number of hydrogen-bond donors (Lipinski definition) is 1. The molecule has 0 aliphatic heterocycles. The van der Waals surface area contributed by atoms with Crippen LogP contribution in [0.5, 0.6) is 5.75 Å². The molecule has 0 aliphatic rings. The van der Waals surface area contributed by atoms with Crippen LogP contribution in [0.1, 0.15) is 25.1 Å². The van der Waals surface area contributed by atoms with E-state index in [0.29, 0.717) is 10.8 Å². The van der Waals surface area contributed by atoms with Gasteiger partial charge in [0.15, 0.2) is 0 Å². The lowest BCUT2D eigenvalue weighted by molar-refractivity contribution is 0.0999. The summed E-state index contributed by atoms with van der Waals surface area (Å²) in [5, 5.41) is 14.9. The highest BCUT2D eigenvalue weighted by molar-refractivity contribution is 6.30. The first kappa shape index (κ1) is 13.9. The van der Waals surface area contributed by atoms with E-state index in [4.69, 9.17) is 16.3 Å². The minimum absolute atomic E-state index is 0.176. The zero-order valence-corrected chi connectivity index (χ0v) is 11.5. The van der Waals surface area contributed by atoms with Crippen molar-refractivity contribution in [2.45, 2.75) is 26.0 Å². The fourth-order valence-electron chi connectivity index (χ4n) is 1.84. The summed E-state index contributed by atoms with van der Waals surface area (Å²) in [6.07, 6.45) is 1.96. The quantitative estimate of drug-likeness (QED) is 0.885. The molecule has 0 amide bonds. The number of aliphatic hydroxyl groups is 1. The molecule has 102 valence electrons. The number of benzene rings is 1. The summed E-state index contributed by atoms with van der Waals surface area (Å²) < 4.78 is 7.33. The van der Waals surface area contributed by atoms with Crippen molar-refractivity contribution in [3.63, 3.8) is 0 Å². The van der Waals surface area contributed by atoms with Gasteiger partial charge in [-0.15, -0.1) is 0 Å². The molecule has 1 unspecified atom stereocenters. The average Bonchev–Trinajstić information content (AvgIpc) is 2.85. The Labute approximate surface area is 117 Å². The predicted octanol–water partition coefficient (Wildman–Crippen LogP) is 3.06. The Hall–Kier alpha value is -1.52. The molecular formula is C14H17ClN2O2. The van der Waals surface area contributed by atoms with Crippen LogP contribution in [-0.2, 0) is 6.54 Å². The number of rotatable bonds is 6. The summed E-state index contributed by atoms with van der Waals surface area (Å²) in [6.45, 7) is 3.03. The van der Waals surface area contributed by atoms with Crippen LogP contribution in [0.2, 0.25) is 5.02 Å². The third-order valence-corrected chi connectivity index (χ3v) is 2.97. The standard InChI is InChI=1S/C14H17ClN2O2/c1-2-8-17-13(6-7-16-17)14(18)10-19-12-5-3-4-11(15)9-12/h3-7,9,14,18H,2,8,10H2,1H3. The van der Waals surface area contributed by atoms with E-state index in [1.807, 2.05) is 18.2 Å². The second-order valence-corrected chi connectivity index (χ2v) is 4.70. The fourth-order valence-corrected chi connectivity index (χ4v) is 2.02. The minimum Gasteiger partial charge on any atom is -0.490 e. The van der Waals surface area contributed by atoms with Crippen molar-refractivity contribution in [2.24, 2.45) is 0 Å². The molecule has 0 spiro atoms. The number of halogens is 1. The Balaban J connectivity index is 1.97. The molecule has 1 N–H and O–H groups in total. The van der Waals surface area contributed by atoms with E-state index in [-0.39, 0.29) is 6.61 Å². The topological polar surface area (TPSA) is 47.3 Å². The Morgan fingerprint density at radius 1 is 1.42 bits per heavy atom. The SMILES string of the molecule is CCCn1nccc1C(O)COc1cccc(Cl)c1. The molecule has 1 atom stereocenters. The summed E-state index contributed by atoms with van der Waals surface area (Å²) in [4.78, 5) is 0. The van der Waals surface area contributed by atoms with Crippen molar-refractivity contribution in [3.05, 3.63) is 47.2 Å². The van der Waals surface area contributed by atoms with Gasteiger partial charge in [0.05, 0.1) is 5.69 Å². The van der Waals surface area contributed by atoms with Crippen molar-refractivity contribution in [1.82, 2.24) is 9.78 Å². The van der Waals surface area contributed by atoms with Crippen LogP contribution in [0.25, 0.3) is 0 Å². The van der Waals surface area contributed by atoms with E-state index in [1.165, 1.54) is 0 Å². The first-order valence-corrected chi connectivity index (χ1v) is 6.66. The minimum atomic E-state index is -0.701. The second kappa shape index (κ2) is 6.59. The third-order valence-electron chi connectivity index (χ3n) is 2.73. The highest BCUT2D eigenvalue weighted by Crippen LogP contribution is 2.19. The molecule has 1 heterocycles. The molecule has 0 saturated carbocycles. The van der Waals surface area contributed by atoms with Crippen LogP contribution in [-0.4, -0.2) is 21.5 Å². The van der Waals surface area contributed by atoms with Crippen LogP contribution in [0, 0.1) is 0 Å². The highest BCUT2D eigenvalue weighted by Gasteiger charge is 2.13. The fraction of sp³-hybridized carbons (Fsp3) is 0.357. The van der Waals surface area contributed by atoms with Crippen LogP contribution in [0.4, 0.5) is 0 Å². The maximum Gasteiger partial charge on any atom is 0.129 e. The Morgan fingerprint density at radius 3 is 3.00 bits per heavy atom. The van der Waals surface area contributed by atoms with Gasteiger partial charge in [-0.3, -0.25) is 4.68 Å². The molecule has 1 aromatic carbocycles. The molecule has 19 heavy (non-hydrogen) atoms. The summed E-state index contributed by atoms with van der Waals surface area (Å²) in [5.74, 6) is 0.646. The number of aromatic nitrogens is 2. The van der Waals surface area contributed by atoms with Crippen molar-refractivity contribution in [2.75, 3.05) is 6.61 Å². The molecule has 0 saturated heterocycles. The highest BCUT2D eigenvalue weighted by atomic mass is 35.5. The van der Waals surface area contributed by atoms with E-state index in [1.54, 1.807) is 23.0 Å². The lowest BCUT2D eigenvalue weighted by Crippen LogP contribution is -2.15. The van der Waals surface area contributed by atoms with Crippen LogP contribution < -0.4 is 4.74 Å². The largest absolute Gasteiger partial charge is 0.490 e. The van der Waals surface area contributed by atoms with Crippen molar-refractivity contribution in [3.8, 4) is 5.75 Å². The van der Waals surface area contributed by atoms with Crippen LogP contribution >= 0.6 is 11.6 Å². The van der Waals surface area contributed by atoms with Crippen LogP contribution in [0.15, 0.2) is 36.5 Å². The van der Waals surface area contributed by atoms with Gasteiger partial charge in [0.25, 0.3) is 0 Å². The molecule has 4 nitrogen and oxygen atoms in total. The summed E-state index contributed by atoms with van der Waals surface area (Å²) >= 11 is 5.87. The van der Waals surface area contributed by atoms with E-state index in [0.717, 1.165) is 18.7 Å². The second-order valence-electron chi connectivity index (χ2n) is 4.26. The number of aryl methyl sites for hydroxylation is 1. The molecular weight excluding hydrogens is 264 g/mol. The molecule has 2 aromatic rings. The number of aliphatic hydroxyl groups excluding tert-OH is 1. The maximum absolute atomic E-state index is 10.1. The number of hydrogen-bond acceptors (Lipinski definition) is 3. The molecule has 2 rings (SSSR count). The van der Waals surface area contributed by atoms with Gasteiger partial charge in [0.1, 0.15) is 18.5 Å². The maximum atomic E-state index is 10.1. The normalized spacial score (nSPS) is 12.4. The van der Waals surface area contributed by atoms with Crippen molar-refractivity contribution < 1.29 is 9.84 Å². The van der Waals surface area contributed by atoms with Gasteiger partial charge in [0, 0.05) is 17.8 Å². The van der Waals surface area contributed by atoms with E-state index in [2.05, 4.69) is 12.0 Å². The van der Waals surface area contributed by atoms with Gasteiger partial charge in [0.2, 0.25) is 0 Å². The molecule has 0 bridgehead atoms. The van der Waals surface area contributed by atoms with Gasteiger partial charge < -0.3 is 9.84 Å². The third kappa shape index (κ3) is 3.72. The predicted molar refractivity (Wildman–Crippen MR) is 74.4 cm³/mol. The summed E-state index contributed by atoms with van der Waals surface area (Å²) in [7, 11) is 0. The lowest BCUT2D eigenvalue weighted by Gasteiger charge is -2.14. The molecule has 0 aliphatic carbocycles. The van der Waals surface area contributed by atoms with Crippen molar-refractivity contribution in [1.29, 1.82) is 0 Å². The Morgan fingerprint density at radius 2 is 2.26 bits per heavy atom. The van der Waals surface area contributed by atoms with Gasteiger partial charge in [-0.1, -0.05) is 24.6 Å². The monoisotopic (exact) mass is 280 g/mol. The molecule has 5 heteroatoms. The Bertz CT molecular complexity index is 528. The molecule has 0 fully saturated rings.